The zero-order chi connectivity index (χ0) is 14.7. The predicted octanol–water partition coefficient (Wildman–Crippen LogP) is 3.64. The van der Waals surface area contributed by atoms with Crippen molar-refractivity contribution in [1.82, 2.24) is 15.3 Å². The van der Waals surface area contributed by atoms with Crippen molar-refractivity contribution in [3.05, 3.63) is 71.8 Å². The first kappa shape index (κ1) is 13.7. The Morgan fingerprint density at radius 2 is 1.90 bits per heavy atom. The molecule has 3 rings (SSSR count). The van der Waals surface area contributed by atoms with Crippen LogP contribution in [0, 0.1) is 6.92 Å². The number of fused-ring (bicyclic) bond motifs is 1. The molecule has 21 heavy (non-hydrogen) atoms. The Balaban J connectivity index is 2.19. The quantitative estimate of drug-likeness (QED) is 0.791. The molecule has 0 saturated heterocycles. The van der Waals surface area contributed by atoms with Gasteiger partial charge in [0.25, 0.3) is 0 Å². The second-order valence-corrected chi connectivity index (χ2v) is 5.12. The molecule has 1 unspecified atom stereocenters. The van der Waals surface area contributed by atoms with Crippen LogP contribution in [0.4, 0.5) is 0 Å². The third kappa shape index (κ3) is 2.65. The number of rotatable bonds is 4. The molecule has 2 aromatic heterocycles. The molecule has 0 aliphatic heterocycles. The van der Waals surface area contributed by atoms with Gasteiger partial charge in [0.05, 0.1) is 6.04 Å². The van der Waals surface area contributed by atoms with E-state index >= 15 is 0 Å². The molecule has 3 aromatic rings. The summed E-state index contributed by atoms with van der Waals surface area (Å²) >= 11 is 0. The zero-order valence-electron chi connectivity index (χ0n) is 12.4. The van der Waals surface area contributed by atoms with Crippen molar-refractivity contribution < 1.29 is 0 Å². The summed E-state index contributed by atoms with van der Waals surface area (Å²) in [6.45, 7) is 5.07. The fourth-order valence-electron chi connectivity index (χ4n) is 2.76. The Labute approximate surface area is 125 Å². The summed E-state index contributed by atoms with van der Waals surface area (Å²) in [5.74, 6) is 0. The number of hydrogen-bond donors (Lipinski definition) is 1. The van der Waals surface area contributed by atoms with Crippen LogP contribution in [0.1, 0.15) is 29.8 Å². The van der Waals surface area contributed by atoms with E-state index in [1.807, 2.05) is 30.7 Å². The molecule has 0 spiro atoms. The Morgan fingerprint density at radius 1 is 1.05 bits per heavy atom. The molecule has 0 amide bonds. The van der Waals surface area contributed by atoms with Crippen LogP contribution < -0.4 is 5.32 Å². The first-order chi connectivity index (χ1) is 10.3. The highest BCUT2D eigenvalue weighted by Crippen LogP contribution is 2.29. The molecule has 3 heteroatoms. The van der Waals surface area contributed by atoms with Crippen molar-refractivity contribution in [2.24, 2.45) is 0 Å². The zero-order valence-corrected chi connectivity index (χ0v) is 12.4. The molecular formula is C18H19N3. The van der Waals surface area contributed by atoms with Gasteiger partial charge in [0.15, 0.2) is 0 Å². The lowest BCUT2D eigenvalue weighted by Gasteiger charge is -2.21. The van der Waals surface area contributed by atoms with E-state index in [2.05, 4.69) is 53.4 Å². The SMILES string of the molecule is CCNC(c1cccnc1C)c1cncc2ccccc12. The van der Waals surface area contributed by atoms with Crippen LogP contribution in [0.15, 0.2) is 55.0 Å². The van der Waals surface area contributed by atoms with Crippen LogP contribution in [-0.2, 0) is 0 Å². The van der Waals surface area contributed by atoms with Crippen LogP contribution in [-0.4, -0.2) is 16.5 Å². The number of nitrogens with one attached hydrogen (secondary N) is 1. The van der Waals surface area contributed by atoms with E-state index < -0.39 is 0 Å². The van der Waals surface area contributed by atoms with E-state index in [4.69, 9.17) is 0 Å². The molecule has 0 aliphatic carbocycles. The Kier molecular flexibility index (Phi) is 3.93. The van der Waals surface area contributed by atoms with Crippen molar-refractivity contribution in [1.29, 1.82) is 0 Å². The van der Waals surface area contributed by atoms with Gasteiger partial charge in [0.1, 0.15) is 0 Å². The lowest BCUT2D eigenvalue weighted by molar-refractivity contribution is 0.627. The van der Waals surface area contributed by atoms with Crippen molar-refractivity contribution in [3.63, 3.8) is 0 Å². The topological polar surface area (TPSA) is 37.8 Å². The van der Waals surface area contributed by atoms with Gasteiger partial charge in [-0.15, -0.1) is 0 Å². The van der Waals surface area contributed by atoms with Gasteiger partial charge in [-0.2, -0.15) is 0 Å². The van der Waals surface area contributed by atoms with Crippen LogP contribution in [0.25, 0.3) is 10.8 Å². The maximum absolute atomic E-state index is 4.43. The molecule has 0 bridgehead atoms. The minimum atomic E-state index is 0.113. The van der Waals surface area contributed by atoms with Gasteiger partial charge in [-0.1, -0.05) is 37.3 Å². The molecule has 1 atom stereocenters. The van der Waals surface area contributed by atoms with Gasteiger partial charge in [0.2, 0.25) is 0 Å². The van der Waals surface area contributed by atoms with Crippen LogP contribution in [0.3, 0.4) is 0 Å². The number of hydrogen-bond acceptors (Lipinski definition) is 3. The summed E-state index contributed by atoms with van der Waals surface area (Å²) in [5, 5.41) is 5.97. The highest BCUT2D eigenvalue weighted by atomic mass is 14.9. The Morgan fingerprint density at radius 3 is 2.71 bits per heavy atom. The second-order valence-electron chi connectivity index (χ2n) is 5.12. The fourth-order valence-corrected chi connectivity index (χ4v) is 2.76. The highest BCUT2D eigenvalue weighted by Gasteiger charge is 2.18. The van der Waals surface area contributed by atoms with Gasteiger partial charge >= 0.3 is 0 Å². The average Bonchev–Trinajstić information content (AvgIpc) is 2.53. The van der Waals surface area contributed by atoms with Crippen LogP contribution in [0.5, 0.6) is 0 Å². The first-order valence-corrected chi connectivity index (χ1v) is 7.28. The summed E-state index contributed by atoms with van der Waals surface area (Å²) in [6, 6.07) is 12.6. The van der Waals surface area contributed by atoms with Crippen LogP contribution >= 0.6 is 0 Å². The van der Waals surface area contributed by atoms with Gasteiger partial charge in [-0.25, -0.2) is 0 Å². The molecule has 0 fully saturated rings. The van der Waals surface area contributed by atoms with Crippen molar-refractivity contribution in [2.45, 2.75) is 19.9 Å². The molecular weight excluding hydrogens is 258 g/mol. The molecule has 3 nitrogen and oxygen atoms in total. The third-order valence-electron chi connectivity index (χ3n) is 3.78. The monoisotopic (exact) mass is 277 g/mol. The first-order valence-electron chi connectivity index (χ1n) is 7.28. The fraction of sp³-hybridized carbons (Fsp3) is 0.222. The molecule has 0 saturated carbocycles. The lowest BCUT2D eigenvalue weighted by Crippen LogP contribution is -2.23. The van der Waals surface area contributed by atoms with E-state index in [1.54, 1.807) is 0 Å². The maximum atomic E-state index is 4.43. The molecule has 0 radical (unpaired) electrons. The second kappa shape index (κ2) is 6.02. The summed E-state index contributed by atoms with van der Waals surface area (Å²) < 4.78 is 0. The van der Waals surface area contributed by atoms with Crippen molar-refractivity contribution >= 4 is 10.8 Å². The normalized spacial score (nSPS) is 12.5. The summed E-state index contributed by atoms with van der Waals surface area (Å²) in [7, 11) is 0. The smallest absolute Gasteiger partial charge is 0.0616 e. The summed E-state index contributed by atoms with van der Waals surface area (Å²) in [5.41, 5.74) is 3.46. The predicted molar refractivity (Wildman–Crippen MR) is 86.2 cm³/mol. The Bertz CT molecular complexity index is 747. The minimum Gasteiger partial charge on any atom is -0.306 e. The Hall–Kier alpha value is -2.26. The average molecular weight is 277 g/mol. The van der Waals surface area contributed by atoms with Crippen molar-refractivity contribution in [3.8, 4) is 0 Å². The standard InChI is InChI=1S/C18H19N3/c1-3-20-18(15-9-6-10-21-13(15)2)17-12-19-11-14-7-4-5-8-16(14)17/h4-12,18,20H,3H2,1-2H3. The molecule has 0 aliphatic rings. The highest BCUT2D eigenvalue weighted by molar-refractivity contribution is 5.85. The van der Waals surface area contributed by atoms with E-state index in [-0.39, 0.29) is 6.04 Å². The van der Waals surface area contributed by atoms with E-state index in [0.29, 0.717) is 0 Å². The third-order valence-corrected chi connectivity index (χ3v) is 3.78. The van der Waals surface area contributed by atoms with E-state index in [9.17, 15) is 0 Å². The summed E-state index contributed by atoms with van der Waals surface area (Å²) in [4.78, 5) is 8.84. The molecule has 1 aromatic carbocycles. The molecule has 1 N–H and O–H groups in total. The number of pyridine rings is 2. The minimum absolute atomic E-state index is 0.113. The molecule has 2 heterocycles. The van der Waals surface area contributed by atoms with Crippen molar-refractivity contribution in [2.75, 3.05) is 6.54 Å². The summed E-state index contributed by atoms with van der Waals surface area (Å²) in [6.07, 6.45) is 5.71. The van der Waals surface area contributed by atoms with E-state index in [1.165, 1.54) is 21.9 Å². The van der Waals surface area contributed by atoms with Gasteiger partial charge in [0, 0.05) is 29.7 Å². The number of aromatic nitrogens is 2. The number of benzene rings is 1. The maximum Gasteiger partial charge on any atom is 0.0616 e. The number of aryl methyl sites for hydroxylation is 1. The van der Waals surface area contributed by atoms with Crippen LogP contribution in [0.2, 0.25) is 0 Å². The van der Waals surface area contributed by atoms with Gasteiger partial charge < -0.3 is 5.32 Å². The van der Waals surface area contributed by atoms with Gasteiger partial charge in [-0.3, -0.25) is 9.97 Å². The lowest BCUT2D eigenvalue weighted by atomic mass is 9.95. The molecule has 106 valence electrons. The number of nitrogens with zero attached hydrogens (tertiary/aromatic N) is 2. The van der Waals surface area contributed by atoms with E-state index in [0.717, 1.165) is 12.2 Å². The van der Waals surface area contributed by atoms with Gasteiger partial charge in [-0.05, 0) is 36.0 Å². The largest absolute Gasteiger partial charge is 0.306 e.